The Bertz CT molecular complexity index is 1110. The van der Waals surface area contributed by atoms with Gasteiger partial charge in [0, 0.05) is 0 Å². The van der Waals surface area contributed by atoms with Gasteiger partial charge in [-0.05, 0) is 0 Å². The molecule has 0 radical (unpaired) electrons. The monoisotopic (exact) mass is 1080 g/mol. The van der Waals surface area contributed by atoms with Gasteiger partial charge in [0.25, 0.3) is 0 Å². The van der Waals surface area contributed by atoms with Crippen molar-refractivity contribution in [1.29, 1.82) is 0 Å². The third kappa shape index (κ3) is 33.8. The molecular formula is C40H109O8PSi12. The third-order valence-electron chi connectivity index (χ3n) is 10.2. The van der Waals surface area contributed by atoms with E-state index in [0.29, 0.717) is 0 Å². The van der Waals surface area contributed by atoms with Crippen molar-refractivity contribution in [2.75, 3.05) is 24.6 Å². The Labute approximate surface area is 396 Å². The van der Waals surface area contributed by atoms with Crippen molar-refractivity contribution in [3.05, 3.63) is 0 Å². The van der Waals surface area contributed by atoms with Crippen molar-refractivity contribution in [3.8, 4) is 0 Å². The summed E-state index contributed by atoms with van der Waals surface area (Å²) in [4.78, 5) is 0. The molecule has 0 amide bonds. The van der Waals surface area contributed by atoms with E-state index in [9.17, 15) is 0 Å². The van der Waals surface area contributed by atoms with E-state index in [4.69, 9.17) is 32.9 Å². The molecule has 0 fully saturated rings. The molecule has 0 aromatic carbocycles. The number of hydrogen-bond acceptors (Lipinski definition) is 8. The summed E-state index contributed by atoms with van der Waals surface area (Å²) < 4.78 is 55.2. The Morgan fingerprint density at radius 2 is 0.377 bits per heavy atom. The molecule has 0 N–H and O–H groups in total. The van der Waals surface area contributed by atoms with E-state index in [1.54, 1.807) is 0 Å². The normalized spacial score (nSPS) is 15.8. The van der Waals surface area contributed by atoms with Gasteiger partial charge < -0.3 is 0 Å². The maximum atomic E-state index is 7.09. The zero-order valence-corrected chi connectivity index (χ0v) is 59.3. The average Bonchev–Trinajstić information content (AvgIpc) is 2.83. The topological polar surface area (TPSA) is 73.8 Å². The summed E-state index contributed by atoms with van der Waals surface area (Å²) in [6, 6.07) is 4.83. The molecule has 0 spiro atoms. The van der Waals surface area contributed by atoms with Crippen LogP contribution >= 0.6 is 7.26 Å². The average molecular weight is 1090 g/mol. The molecule has 0 aliphatic rings. The molecule has 0 saturated heterocycles. The molecule has 21 heteroatoms. The summed E-state index contributed by atoms with van der Waals surface area (Å²) in [5.74, 6) is 0. The summed E-state index contributed by atoms with van der Waals surface area (Å²) in [7, 11) is -25.1. The Balaban J connectivity index is 6.78. The van der Waals surface area contributed by atoms with Crippen LogP contribution in [0.1, 0.15) is 25.7 Å². The van der Waals surface area contributed by atoms with Gasteiger partial charge in [-0.1, -0.05) is 0 Å². The molecule has 0 heterocycles. The van der Waals surface area contributed by atoms with E-state index < -0.39 is 108 Å². The zero-order chi connectivity index (χ0) is 48.6. The van der Waals surface area contributed by atoms with Crippen LogP contribution in [0.25, 0.3) is 0 Å². The molecule has 0 aromatic heterocycles. The predicted molar refractivity (Wildman–Crippen MR) is 307 cm³/mol. The molecule has 0 rings (SSSR count). The molecule has 0 aliphatic carbocycles. The second-order valence-electron chi connectivity index (χ2n) is 26.8. The SMILES string of the molecule is C[Si](C)(C)O[Si](C)(C)O[Si](C)(C)CCC[PH](CCC[Si](C)(C)O[Si](C)(C)O[Si](C)(C)C)(CCC[Si](C)(C)O[Si](C)(C)O[Si](C)(C)C)CCC[Si](C)(C)O[Si](C)(C)O[Si](C)(C)C. The van der Waals surface area contributed by atoms with Gasteiger partial charge in [-0.3, -0.25) is 0 Å². The van der Waals surface area contributed by atoms with E-state index >= 15 is 0 Å². The molecule has 0 bridgehead atoms. The van der Waals surface area contributed by atoms with E-state index in [2.05, 4.69) is 183 Å². The molecule has 0 saturated carbocycles. The van der Waals surface area contributed by atoms with Gasteiger partial charge in [-0.25, -0.2) is 0 Å². The van der Waals surface area contributed by atoms with E-state index in [1.165, 1.54) is 74.5 Å². The van der Waals surface area contributed by atoms with Gasteiger partial charge in [0.1, 0.15) is 0 Å². The first-order chi connectivity index (χ1) is 26.5. The molecule has 0 aliphatic heterocycles. The standard InChI is InChI=1S/C40H109O8PSi12/c1-50(2,3)41-58(21,22)45-54(13,14)37-29-33-49(34-30-38-55(15,16)46-59(23,24)42-51(4,5)6,35-31-39-56(17,18)47-60(25,26)43-52(7,8)9)36-32-40-57(19,20)48-61(27,28)44-53(10,11)12/h49H,29-40H2,1-28H3. The van der Waals surface area contributed by atoms with Gasteiger partial charge in [0.05, 0.1) is 0 Å². The first-order valence-corrected chi connectivity index (χ1v) is 64.3. The fourth-order valence-electron chi connectivity index (χ4n) is 10.2. The van der Waals surface area contributed by atoms with Crippen LogP contribution in [0.3, 0.4) is 0 Å². The van der Waals surface area contributed by atoms with E-state index in [1.807, 2.05) is 0 Å². The molecule has 0 atom stereocenters. The van der Waals surface area contributed by atoms with Crippen LogP contribution in [-0.4, -0.2) is 125 Å². The molecule has 0 unspecified atom stereocenters. The summed E-state index contributed by atoms with van der Waals surface area (Å²) in [5.41, 5.74) is 0. The maximum absolute atomic E-state index is 7.09. The predicted octanol–water partition coefficient (Wildman–Crippen LogP) is 15.4. The Hall–Kier alpha value is 2.71. The van der Waals surface area contributed by atoms with E-state index in [0.717, 1.165) is 0 Å². The molecule has 0 aromatic rings. The van der Waals surface area contributed by atoms with Gasteiger partial charge in [0.15, 0.2) is 0 Å². The molecular weight excluding hydrogens is 976 g/mol. The van der Waals surface area contributed by atoms with Gasteiger partial charge in [-0.2, -0.15) is 0 Å². The minimum absolute atomic E-state index is 1.21. The fraction of sp³-hybridized carbons (Fsp3) is 1.00. The van der Waals surface area contributed by atoms with Gasteiger partial charge >= 0.3 is 399 Å². The summed E-state index contributed by atoms with van der Waals surface area (Å²) in [6.45, 7) is 65.5. The molecule has 61 heavy (non-hydrogen) atoms. The van der Waals surface area contributed by atoms with Crippen molar-refractivity contribution in [1.82, 2.24) is 0 Å². The second-order valence-corrected chi connectivity index (χ2v) is 82.5. The quantitative estimate of drug-likeness (QED) is 0.0487. The summed E-state index contributed by atoms with van der Waals surface area (Å²) in [5, 5.41) is 0. The van der Waals surface area contributed by atoms with Crippen molar-refractivity contribution < 1.29 is 32.9 Å². The van der Waals surface area contributed by atoms with Crippen LogP contribution in [0.2, 0.25) is 207 Å². The van der Waals surface area contributed by atoms with Crippen LogP contribution < -0.4 is 0 Å². The number of rotatable bonds is 32. The van der Waals surface area contributed by atoms with Crippen LogP contribution in [0.4, 0.5) is 0 Å². The zero-order valence-electron chi connectivity index (χ0n) is 46.3. The van der Waals surface area contributed by atoms with Crippen molar-refractivity contribution in [2.45, 2.75) is 233 Å². The molecule has 8 nitrogen and oxygen atoms in total. The van der Waals surface area contributed by atoms with Gasteiger partial charge in [-0.15, -0.1) is 0 Å². The minimum atomic E-state index is -2.21. The van der Waals surface area contributed by atoms with Crippen LogP contribution in [0, 0.1) is 0 Å². The van der Waals surface area contributed by atoms with Gasteiger partial charge in [0.2, 0.25) is 0 Å². The molecule has 370 valence electrons. The van der Waals surface area contributed by atoms with Crippen molar-refractivity contribution in [2.24, 2.45) is 0 Å². The van der Waals surface area contributed by atoms with Crippen LogP contribution in [-0.2, 0) is 32.9 Å². The van der Waals surface area contributed by atoms with Crippen LogP contribution in [0.5, 0.6) is 0 Å². The van der Waals surface area contributed by atoms with Crippen molar-refractivity contribution in [3.63, 3.8) is 0 Å². The van der Waals surface area contributed by atoms with Crippen LogP contribution in [0.15, 0.2) is 0 Å². The summed E-state index contributed by atoms with van der Waals surface area (Å²) in [6.07, 6.45) is 10.6. The Morgan fingerprint density at radius 3 is 0.508 bits per heavy atom. The fourth-order valence-corrected chi connectivity index (χ4v) is 69.6. The Kier molecular flexibility index (Phi) is 24.6. The third-order valence-corrected chi connectivity index (χ3v) is 56.5. The first kappa shape index (κ1) is 63.7. The Morgan fingerprint density at radius 1 is 0.230 bits per heavy atom. The van der Waals surface area contributed by atoms with Crippen molar-refractivity contribution >= 4 is 108 Å². The summed E-state index contributed by atoms with van der Waals surface area (Å²) >= 11 is 0. The second kappa shape index (κ2) is 23.5. The van der Waals surface area contributed by atoms with E-state index in [-0.39, 0.29) is 0 Å². The number of hydrogen-bond donors (Lipinski definition) is 0. The first-order valence-electron chi connectivity index (χ1n) is 24.1.